The SMILES string of the molecule is O=C1SC(SCc2ccccc2)=N/C1=C/c1ccccc1OC1CCCC1. The van der Waals surface area contributed by atoms with Gasteiger partial charge in [0.2, 0.25) is 5.12 Å². The summed E-state index contributed by atoms with van der Waals surface area (Å²) in [4.78, 5) is 16.9. The fourth-order valence-corrected chi connectivity index (χ4v) is 5.01. The third-order valence-electron chi connectivity index (χ3n) is 4.61. The van der Waals surface area contributed by atoms with Gasteiger partial charge in [-0.05, 0) is 55.2 Å². The predicted molar refractivity (Wildman–Crippen MR) is 115 cm³/mol. The molecule has 0 amide bonds. The van der Waals surface area contributed by atoms with Crippen molar-refractivity contribution in [3.05, 3.63) is 71.4 Å². The highest BCUT2D eigenvalue weighted by Gasteiger charge is 2.23. The third-order valence-corrected chi connectivity index (χ3v) is 6.69. The van der Waals surface area contributed by atoms with Crippen LogP contribution in [0.25, 0.3) is 6.08 Å². The van der Waals surface area contributed by atoms with Crippen LogP contribution in [-0.4, -0.2) is 15.6 Å². The molecular formula is C22H21NO2S2. The Labute approximate surface area is 168 Å². The van der Waals surface area contributed by atoms with Crippen molar-refractivity contribution in [2.24, 2.45) is 4.99 Å². The van der Waals surface area contributed by atoms with Crippen molar-refractivity contribution in [2.75, 3.05) is 0 Å². The van der Waals surface area contributed by atoms with Crippen LogP contribution in [0, 0.1) is 0 Å². The fraction of sp³-hybridized carbons (Fsp3) is 0.273. The highest BCUT2D eigenvalue weighted by atomic mass is 32.2. The molecule has 2 aromatic carbocycles. The van der Waals surface area contributed by atoms with Crippen molar-refractivity contribution in [1.29, 1.82) is 0 Å². The summed E-state index contributed by atoms with van der Waals surface area (Å²) in [5, 5.41) is 0.00114. The second kappa shape index (κ2) is 8.81. The van der Waals surface area contributed by atoms with Gasteiger partial charge in [0.05, 0.1) is 6.10 Å². The van der Waals surface area contributed by atoms with Gasteiger partial charge in [-0.15, -0.1) is 0 Å². The zero-order valence-electron chi connectivity index (χ0n) is 15.0. The van der Waals surface area contributed by atoms with Gasteiger partial charge in [-0.2, -0.15) is 0 Å². The van der Waals surface area contributed by atoms with Crippen molar-refractivity contribution < 1.29 is 9.53 Å². The molecule has 0 aromatic heterocycles. The first kappa shape index (κ1) is 18.4. The van der Waals surface area contributed by atoms with E-state index in [0.717, 1.165) is 34.3 Å². The minimum Gasteiger partial charge on any atom is -0.490 e. The normalized spacial score (nSPS) is 18.9. The van der Waals surface area contributed by atoms with E-state index in [9.17, 15) is 4.79 Å². The largest absolute Gasteiger partial charge is 0.490 e. The molecule has 0 radical (unpaired) electrons. The second-order valence-electron chi connectivity index (χ2n) is 6.63. The highest BCUT2D eigenvalue weighted by Crippen LogP contribution is 2.34. The maximum absolute atomic E-state index is 12.4. The second-order valence-corrected chi connectivity index (χ2v) is 8.82. The number of nitrogens with zero attached hydrogens (tertiary/aromatic N) is 1. The minimum atomic E-state index is 0.00114. The summed E-state index contributed by atoms with van der Waals surface area (Å²) in [5.41, 5.74) is 2.65. The Balaban J connectivity index is 1.48. The molecule has 4 rings (SSSR count). The Hall–Kier alpha value is -1.98. The third kappa shape index (κ3) is 4.85. The van der Waals surface area contributed by atoms with Gasteiger partial charge in [0.1, 0.15) is 15.8 Å². The van der Waals surface area contributed by atoms with Gasteiger partial charge in [0.15, 0.2) is 0 Å². The standard InChI is InChI=1S/C22H21NO2S2/c24-21-19(23-22(27-21)26-15-16-8-2-1-3-9-16)14-17-10-4-7-13-20(17)25-18-11-5-6-12-18/h1-4,7-10,13-14,18H,5-6,11-12,15H2/b19-14+. The summed E-state index contributed by atoms with van der Waals surface area (Å²) in [6, 6.07) is 18.1. The molecular weight excluding hydrogens is 374 g/mol. The van der Waals surface area contributed by atoms with E-state index in [4.69, 9.17) is 4.74 Å². The molecule has 0 spiro atoms. The topological polar surface area (TPSA) is 38.7 Å². The highest BCUT2D eigenvalue weighted by molar-refractivity contribution is 8.45. The first-order valence-corrected chi connectivity index (χ1v) is 11.0. The van der Waals surface area contributed by atoms with Crippen molar-refractivity contribution in [2.45, 2.75) is 37.5 Å². The van der Waals surface area contributed by atoms with E-state index in [2.05, 4.69) is 17.1 Å². The van der Waals surface area contributed by atoms with Gasteiger partial charge in [0.25, 0.3) is 0 Å². The number of benzene rings is 2. The molecule has 1 aliphatic heterocycles. The number of hydrogen-bond acceptors (Lipinski definition) is 5. The fourth-order valence-electron chi connectivity index (χ4n) is 3.21. The molecule has 27 heavy (non-hydrogen) atoms. The summed E-state index contributed by atoms with van der Waals surface area (Å²) >= 11 is 2.82. The molecule has 2 aliphatic rings. The van der Waals surface area contributed by atoms with Crippen LogP contribution in [0.4, 0.5) is 0 Å². The molecule has 0 bridgehead atoms. The molecule has 0 atom stereocenters. The van der Waals surface area contributed by atoms with Crippen molar-refractivity contribution in [1.82, 2.24) is 0 Å². The molecule has 2 aromatic rings. The summed E-state index contributed by atoms with van der Waals surface area (Å²) in [6.07, 6.45) is 6.83. The maximum Gasteiger partial charge on any atom is 0.244 e. The van der Waals surface area contributed by atoms with Gasteiger partial charge in [-0.25, -0.2) is 4.99 Å². The van der Waals surface area contributed by atoms with E-state index < -0.39 is 0 Å². The first-order chi connectivity index (χ1) is 13.3. The first-order valence-electron chi connectivity index (χ1n) is 9.23. The number of ether oxygens (including phenoxy) is 1. The Morgan fingerprint density at radius 3 is 2.63 bits per heavy atom. The van der Waals surface area contributed by atoms with Crippen LogP contribution in [-0.2, 0) is 10.5 Å². The Morgan fingerprint density at radius 2 is 1.81 bits per heavy atom. The van der Waals surface area contributed by atoms with E-state index in [1.807, 2.05) is 48.5 Å². The smallest absolute Gasteiger partial charge is 0.244 e. The van der Waals surface area contributed by atoms with E-state index in [1.165, 1.54) is 30.2 Å². The zero-order chi connectivity index (χ0) is 18.5. The minimum absolute atomic E-state index is 0.00114. The van der Waals surface area contributed by atoms with Crippen LogP contribution in [0.15, 0.2) is 65.3 Å². The lowest BCUT2D eigenvalue weighted by atomic mass is 10.1. The lowest BCUT2D eigenvalue weighted by Gasteiger charge is -2.15. The van der Waals surface area contributed by atoms with Crippen LogP contribution >= 0.6 is 23.5 Å². The molecule has 5 heteroatoms. The average molecular weight is 396 g/mol. The Kier molecular flexibility index (Phi) is 6.00. The number of para-hydroxylation sites is 1. The van der Waals surface area contributed by atoms with Crippen molar-refractivity contribution in [3.8, 4) is 5.75 Å². The van der Waals surface area contributed by atoms with Gasteiger partial charge < -0.3 is 4.74 Å². The van der Waals surface area contributed by atoms with Crippen molar-refractivity contribution in [3.63, 3.8) is 0 Å². The van der Waals surface area contributed by atoms with Crippen LogP contribution in [0.2, 0.25) is 0 Å². The van der Waals surface area contributed by atoms with Crippen LogP contribution in [0.1, 0.15) is 36.8 Å². The maximum atomic E-state index is 12.4. The lowest BCUT2D eigenvalue weighted by molar-refractivity contribution is -0.107. The number of hydrogen-bond donors (Lipinski definition) is 0. The van der Waals surface area contributed by atoms with Gasteiger partial charge in [-0.3, -0.25) is 4.79 Å². The van der Waals surface area contributed by atoms with Crippen LogP contribution in [0.5, 0.6) is 5.75 Å². The van der Waals surface area contributed by atoms with Gasteiger partial charge >= 0.3 is 0 Å². The number of carbonyl (C=O) groups is 1. The van der Waals surface area contributed by atoms with Crippen molar-refractivity contribution >= 4 is 39.1 Å². The predicted octanol–water partition coefficient (Wildman–Crippen LogP) is 5.91. The Bertz CT molecular complexity index is 871. The molecule has 1 heterocycles. The van der Waals surface area contributed by atoms with Gasteiger partial charge in [0, 0.05) is 11.3 Å². The van der Waals surface area contributed by atoms with Crippen LogP contribution in [0.3, 0.4) is 0 Å². The molecule has 1 aliphatic carbocycles. The molecule has 138 valence electrons. The summed E-state index contributed by atoms with van der Waals surface area (Å²) in [7, 11) is 0. The zero-order valence-corrected chi connectivity index (χ0v) is 16.6. The summed E-state index contributed by atoms with van der Waals surface area (Å²) < 4.78 is 6.98. The number of carbonyl (C=O) groups excluding carboxylic acids is 1. The number of rotatable bonds is 5. The Morgan fingerprint density at radius 1 is 1.07 bits per heavy atom. The quantitative estimate of drug-likeness (QED) is 0.590. The summed E-state index contributed by atoms with van der Waals surface area (Å²) in [5.74, 6) is 1.66. The molecule has 1 saturated carbocycles. The van der Waals surface area contributed by atoms with E-state index in [0.29, 0.717) is 11.8 Å². The molecule has 0 N–H and O–H groups in total. The number of thioether (sulfide) groups is 2. The van der Waals surface area contributed by atoms with E-state index in [1.54, 1.807) is 11.8 Å². The van der Waals surface area contributed by atoms with Gasteiger partial charge in [-0.1, -0.05) is 60.3 Å². The molecule has 3 nitrogen and oxygen atoms in total. The molecule has 0 unspecified atom stereocenters. The molecule has 1 fully saturated rings. The molecule has 0 saturated heterocycles. The lowest BCUT2D eigenvalue weighted by Crippen LogP contribution is -2.11. The van der Waals surface area contributed by atoms with E-state index >= 15 is 0 Å². The summed E-state index contributed by atoms with van der Waals surface area (Å²) in [6.45, 7) is 0. The van der Waals surface area contributed by atoms with Crippen LogP contribution < -0.4 is 4.74 Å². The monoisotopic (exact) mass is 395 g/mol. The average Bonchev–Trinajstić information content (AvgIpc) is 3.32. The van der Waals surface area contributed by atoms with E-state index in [-0.39, 0.29) is 5.12 Å². The number of aliphatic imine (C=N–C) groups is 1.